The molecule has 2 aromatic carbocycles. The molecule has 0 saturated carbocycles. The molecular weight excluding hydrogens is 446 g/mol. The number of carbonyl (C=O) groups is 2. The van der Waals surface area contributed by atoms with Crippen LogP contribution in [0, 0.1) is 5.82 Å². The zero-order valence-corrected chi connectivity index (χ0v) is 17.0. The summed E-state index contributed by atoms with van der Waals surface area (Å²) in [6.07, 6.45) is -3.28. The van der Waals surface area contributed by atoms with Gasteiger partial charge in [0.1, 0.15) is 23.0 Å². The van der Waals surface area contributed by atoms with Gasteiger partial charge in [0.05, 0.1) is 16.9 Å². The van der Waals surface area contributed by atoms with Crippen LogP contribution in [0.5, 0.6) is 11.5 Å². The zero-order chi connectivity index (χ0) is 24.0. The van der Waals surface area contributed by atoms with Gasteiger partial charge in [0.2, 0.25) is 0 Å². The summed E-state index contributed by atoms with van der Waals surface area (Å²) in [5, 5.41) is 4.45. The van der Waals surface area contributed by atoms with Crippen LogP contribution in [0.1, 0.15) is 16.1 Å². The molecule has 12 heteroatoms. The second kappa shape index (κ2) is 9.85. The lowest BCUT2D eigenvalue weighted by Crippen LogP contribution is -2.33. The number of nitrogens with zero attached hydrogens (tertiary/aromatic N) is 1. The van der Waals surface area contributed by atoms with Crippen molar-refractivity contribution in [2.24, 2.45) is 0 Å². The minimum absolute atomic E-state index is 0.157. The SMILES string of the molecule is CNC(=O)c1cc(Oc2cccc(NNC(=O)Nc3cc(C(F)(F)F)ccc3F)c2)ccn1. The molecule has 0 aliphatic rings. The minimum atomic E-state index is -4.69. The molecule has 33 heavy (non-hydrogen) atoms. The Hall–Kier alpha value is -4.35. The fraction of sp³-hybridized carbons (Fsp3) is 0.0952. The van der Waals surface area contributed by atoms with Gasteiger partial charge in [0, 0.05) is 25.4 Å². The summed E-state index contributed by atoms with van der Waals surface area (Å²) in [4.78, 5) is 27.6. The van der Waals surface area contributed by atoms with Crippen molar-refractivity contribution in [3.63, 3.8) is 0 Å². The summed E-state index contributed by atoms with van der Waals surface area (Å²) in [5.74, 6) is -0.725. The fourth-order valence-electron chi connectivity index (χ4n) is 2.58. The second-order valence-electron chi connectivity index (χ2n) is 6.48. The van der Waals surface area contributed by atoms with Crippen LogP contribution in [0.4, 0.5) is 33.7 Å². The molecule has 0 aliphatic carbocycles. The number of anilines is 2. The van der Waals surface area contributed by atoms with Crippen LogP contribution >= 0.6 is 0 Å². The van der Waals surface area contributed by atoms with E-state index in [0.29, 0.717) is 35.4 Å². The summed E-state index contributed by atoms with van der Waals surface area (Å²) < 4.78 is 57.8. The molecule has 0 radical (unpaired) electrons. The van der Waals surface area contributed by atoms with Crippen LogP contribution in [0.25, 0.3) is 0 Å². The number of hydrogen-bond acceptors (Lipinski definition) is 5. The van der Waals surface area contributed by atoms with Crippen molar-refractivity contribution < 1.29 is 31.9 Å². The summed E-state index contributed by atoms with van der Waals surface area (Å²) >= 11 is 0. The van der Waals surface area contributed by atoms with Crippen molar-refractivity contribution in [3.8, 4) is 11.5 Å². The standard InChI is InChI=1S/C21H17F4N5O3/c1-26-19(31)18-11-15(7-8-27-18)33-14-4-2-3-13(10-14)29-30-20(32)28-17-9-12(21(23,24)25)5-6-16(17)22/h2-11,29H,1H3,(H,26,31)(H2,28,30,32). The van der Waals surface area contributed by atoms with E-state index in [1.807, 2.05) is 5.32 Å². The van der Waals surface area contributed by atoms with E-state index in [-0.39, 0.29) is 11.6 Å². The Kier molecular flexibility index (Phi) is 6.96. The molecule has 172 valence electrons. The summed E-state index contributed by atoms with van der Waals surface area (Å²) in [6.45, 7) is 0. The first-order chi connectivity index (χ1) is 15.7. The molecule has 0 unspecified atom stereocenters. The number of alkyl halides is 3. The molecule has 0 atom stereocenters. The number of halogens is 4. The number of nitrogens with one attached hydrogen (secondary N) is 4. The van der Waals surface area contributed by atoms with E-state index in [1.54, 1.807) is 24.3 Å². The normalized spacial score (nSPS) is 10.8. The van der Waals surface area contributed by atoms with Crippen LogP contribution in [-0.2, 0) is 6.18 Å². The second-order valence-corrected chi connectivity index (χ2v) is 6.48. The first-order valence-electron chi connectivity index (χ1n) is 9.31. The van der Waals surface area contributed by atoms with Gasteiger partial charge in [-0.15, -0.1) is 0 Å². The number of hydrazine groups is 1. The summed E-state index contributed by atoms with van der Waals surface area (Å²) in [6, 6.07) is 9.95. The van der Waals surface area contributed by atoms with Gasteiger partial charge in [0.15, 0.2) is 0 Å². The van der Waals surface area contributed by atoms with Crippen LogP contribution in [0.15, 0.2) is 60.8 Å². The van der Waals surface area contributed by atoms with E-state index in [4.69, 9.17) is 4.74 Å². The zero-order valence-electron chi connectivity index (χ0n) is 17.0. The number of amides is 3. The first-order valence-corrected chi connectivity index (χ1v) is 9.31. The molecule has 3 amide bonds. The Morgan fingerprint density at radius 2 is 1.76 bits per heavy atom. The Morgan fingerprint density at radius 1 is 1.00 bits per heavy atom. The van der Waals surface area contributed by atoms with E-state index in [1.165, 1.54) is 25.4 Å². The molecule has 1 aromatic heterocycles. The number of carbonyl (C=O) groups excluding carboxylic acids is 2. The molecule has 0 spiro atoms. The van der Waals surface area contributed by atoms with E-state index in [0.717, 1.165) is 0 Å². The number of benzene rings is 2. The maximum atomic E-state index is 13.8. The average Bonchev–Trinajstić information content (AvgIpc) is 2.78. The Balaban J connectivity index is 1.62. The van der Waals surface area contributed by atoms with E-state index in [9.17, 15) is 27.2 Å². The summed E-state index contributed by atoms with van der Waals surface area (Å²) in [5.41, 5.74) is 3.49. The average molecular weight is 463 g/mol. The molecule has 0 bridgehead atoms. The number of pyridine rings is 1. The highest BCUT2D eigenvalue weighted by molar-refractivity contribution is 5.92. The Morgan fingerprint density at radius 3 is 2.48 bits per heavy atom. The smallest absolute Gasteiger partial charge is 0.416 e. The highest BCUT2D eigenvalue weighted by atomic mass is 19.4. The van der Waals surface area contributed by atoms with Gasteiger partial charge in [-0.05, 0) is 36.4 Å². The predicted octanol–water partition coefficient (Wildman–Crippen LogP) is 4.54. The largest absolute Gasteiger partial charge is 0.457 e. The maximum Gasteiger partial charge on any atom is 0.416 e. The summed E-state index contributed by atoms with van der Waals surface area (Å²) in [7, 11) is 1.47. The van der Waals surface area contributed by atoms with Gasteiger partial charge in [-0.1, -0.05) is 6.07 Å². The Bertz CT molecular complexity index is 1170. The van der Waals surface area contributed by atoms with Crippen molar-refractivity contribution in [1.29, 1.82) is 0 Å². The molecule has 0 saturated heterocycles. The minimum Gasteiger partial charge on any atom is -0.457 e. The van der Waals surface area contributed by atoms with Gasteiger partial charge < -0.3 is 15.4 Å². The quantitative estimate of drug-likeness (QED) is 0.317. The van der Waals surface area contributed by atoms with E-state index in [2.05, 4.69) is 21.2 Å². The number of hydrogen-bond donors (Lipinski definition) is 4. The number of aromatic nitrogens is 1. The van der Waals surface area contributed by atoms with Gasteiger partial charge >= 0.3 is 12.2 Å². The topological polar surface area (TPSA) is 104 Å². The van der Waals surface area contributed by atoms with Gasteiger partial charge in [-0.25, -0.2) is 9.18 Å². The van der Waals surface area contributed by atoms with Gasteiger partial charge in [0.25, 0.3) is 5.91 Å². The lowest BCUT2D eigenvalue weighted by molar-refractivity contribution is -0.137. The lowest BCUT2D eigenvalue weighted by atomic mass is 10.2. The number of urea groups is 1. The highest BCUT2D eigenvalue weighted by Crippen LogP contribution is 2.31. The molecular formula is C21H17F4N5O3. The molecule has 3 aromatic rings. The van der Waals surface area contributed by atoms with Crippen molar-refractivity contribution in [2.75, 3.05) is 17.8 Å². The van der Waals surface area contributed by atoms with Crippen molar-refractivity contribution in [3.05, 3.63) is 77.9 Å². The number of rotatable bonds is 6. The third-order valence-corrected chi connectivity index (χ3v) is 4.12. The van der Waals surface area contributed by atoms with E-state index >= 15 is 0 Å². The monoisotopic (exact) mass is 463 g/mol. The van der Waals surface area contributed by atoms with Crippen LogP contribution in [0.3, 0.4) is 0 Å². The van der Waals surface area contributed by atoms with Gasteiger partial charge in [-0.3, -0.25) is 20.6 Å². The highest BCUT2D eigenvalue weighted by Gasteiger charge is 2.31. The lowest BCUT2D eigenvalue weighted by Gasteiger charge is -2.13. The van der Waals surface area contributed by atoms with E-state index < -0.39 is 29.3 Å². The third-order valence-electron chi connectivity index (χ3n) is 4.12. The molecule has 3 rings (SSSR count). The molecule has 8 nitrogen and oxygen atoms in total. The Labute approximate surface area is 184 Å². The first kappa shape index (κ1) is 23.3. The van der Waals surface area contributed by atoms with Crippen molar-refractivity contribution in [1.82, 2.24) is 15.7 Å². The van der Waals surface area contributed by atoms with Gasteiger partial charge in [-0.2, -0.15) is 13.2 Å². The molecule has 0 aliphatic heterocycles. The van der Waals surface area contributed by atoms with Crippen molar-refractivity contribution in [2.45, 2.75) is 6.18 Å². The van der Waals surface area contributed by atoms with Crippen LogP contribution in [-0.4, -0.2) is 24.0 Å². The van der Waals surface area contributed by atoms with Crippen LogP contribution in [0.2, 0.25) is 0 Å². The van der Waals surface area contributed by atoms with Crippen LogP contribution < -0.4 is 26.2 Å². The predicted molar refractivity (Wildman–Crippen MR) is 111 cm³/mol. The molecule has 4 N–H and O–H groups in total. The number of ether oxygens (including phenoxy) is 1. The van der Waals surface area contributed by atoms with Crippen molar-refractivity contribution >= 4 is 23.3 Å². The molecule has 1 heterocycles. The third kappa shape index (κ3) is 6.32. The molecule has 0 fully saturated rings. The maximum absolute atomic E-state index is 13.8. The fourth-order valence-corrected chi connectivity index (χ4v) is 2.58.